The first kappa shape index (κ1) is 17.9. The molecule has 4 nitrogen and oxygen atoms in total. The van der Waals surface area contributed by atoms with Crippen molar-refractivity contribution in [3.05, 3.63) is 59.4 Å². The van der Waals surface area contributed by atoms with Crippen LogP contribution in [0.25, 0.3) is 0 Å². The van der Waals surface area contributed by atoms with Gasteiger partial charge in [-0.15, -0.1) is 0 Å². The van der Waals surface area contributed by atoms with Gasteiger partial charge in [0.25, 0.3) is 0 Å². The first-order valence-electron chi connectivity index (χ1n) is 7.88. The van der Waals surface area contributed by atoms with Crippen LogP contribution in [0.15, 0.2) is 42.5 Å². The van der Waals surface area contributed by atoms with Crippen molar-refractivity contribution in [1.29, 1.82) is 0 Å². The molecular formula is C19H23FN2O2. The van der Waals surface area contributed by atoms with Crippen LogP contribution in [0.4, 0.5) is 10.1 Å². The standard InChI is InChI=1S/C19H23FN2O2/c1-12-9-10-18(24-4)17(11-12)22-19(23)14(3)21-13(2)15-7-5-6-8-16(15)20/h5-11,13-14,21H,1-4H3,(H,22,23). The molecule has 0 bridgehead atoms. The molecule has 0 aromatic heterocycles. The predicted octanol–water partition coefficient (Wildman–Crippen LogP) is 3.82. The molecule has 2 aromatic carbocycles. The summed E-state index contributed by atoms with van der Waals surface area (Å²) in [6, 6.07) is 11.3. The van der Waals surface area contributed by atoms with Gasteiger partial charge in [-0.25, -0.2) is 4.39 Å². The van der Waals surface area contributed by atoms with Gasteiger partial charge in [0.15, 0.2) is 0 Å². The maximum Gasteiger partial charge on any atom is 0.241 e. The van der Waals surface area contributed by atoms with Crippen LogP contribution in [-0.2, 0) is 4.79 Å². The summed E-state index contributed by atoms with van der Waals surface area (Å²) in [5, 5.41) is 5.97. The number of carbonyl (C=O) groups excluding carboxylic acids is 1. The van der Waals surface area contributed by atoms with Crippen LogP contribution in [-0.4, -0.2) is 19.1 Å². The Morgan fingerprint density at radius 2 is 1.88 bits per heavy atom. The number of ether oxygens (including phenoxy) is 1. The maximum absolute atomic E-state index is 13.8. The van der Waals surface area contributed by atoms with Crippen molar-refractivity contribution in [2.24, 2.45) is 0 Å². The number of methoxy groups -OCH3 is 1. The second-order valence-corrected chi connectivity index (χ2v) is 5.82. The molecule has 128 valence electrons. The molecule has 0 heterocycles. The molecule has 0 aliphatic heterocycles. The summed E-state index contributed by atoms with van der Waals surface area (Å²) >= 11 is 0. The summed E-state index contributed by atoms with van der Waals surface area (Å²) in [6.45, 7) is 5.52. The van der Waals surface area contributed by atoms with Gasteiger partial charge in [-0.05, 0) is 44.5 Å². The number of amides is 1. The van der Waals surface area contributed by atoms with Crippen molar-refractivity contribution in [2.75, 3.05) is 12.4 Å². The summed E-state index contributed by atoms with van der Waals surface area (Å²) in [5.74, 6) is 0.107. The third-order valence-corrected chi connectivity index (χ3v) is 3.88. The molecule has 2 N–H and O–H groups in total. The van der Waals surface area contributed by atoms with Crippen molar-refractivity contribution in [2.45, 2.75) is 32.9 Å². The number of carbonyl (C=O) groups is 1. The van der Waals surface area contributed by atoms with E-state index in [1.165, 1.54) is 6.07 Å². The molecule has 0 aliphatic carbocycles. The lowest BCUT2D eigenvalue weighted by molar-refractivity contribution is -0.118. The highest BCUT2D eigenvalue weighted by Gasteiger charge is 2.19. The molecule has 0 saturated carbocycles. The fraction of sp³-hybridized carbons (Fsp3) is 0.316. The summed E-state index contributed by atoms with van der Waals surface area (Å²) < 4.78 is 19.1. The number of hydrogen-bond acceptors (Lipinski definition) is 3. The van der Waals surface area contributed by atoms with E-state index in [0.717, 1.165) is 5.56 Å². The van der Waals surface area contributed by atoms with E-state index in [0.29, 0.717) is 17.0 Å². The number of rotatable bonds is 6. The summed E-state index contributed by atoms with van der Waals surface area (Å²) in [4.78, 5) is 12.4. The van der Waals surface area contributed by atoms with Gasteiger partial charge >= 0.3 is 0 Å². The Hall–Kier alpha value is -2.40. The smallest absolute Gasteiger partial charge is 0.241 e. The van der Waals surface area contributed by atoms with Crippen molar-refractivity contribution < 1.29 is 13.9 Å². The molecule has 2 unspecified atom stereocenters. The van der Waals surface area contributed by atoms with Crippen molar-refractivity contribution >= 4 is 11.6 Å². The normalized spacial score (nSPS) is 13.2. The highest BCUT2D eigenvalue weighted by atomic mass is 19.1. The first-order valence-corrected chi connectivity index (χ1v) is 7.88. The molecule has 2 aromatic rings. The lowest BCUT2D eigenvalue weighted by atomic mass is 10.1. The summed E-state index contributed by atoms with van der Waals surface area (Å²) in [6.07, 6.45) is 0. The zero-order valence-electron chi connectivity index (χ0n) is 14.4. The molecule has 2 rings (SSSR count). The van der Waals surface area contributed by atoms with Gasteiger partial charge in [-0.3, -0.25) is 10.1 Å². The molecule has 2 atom stereocenters. The Kier molecular flexibility index (Phi) is 5.93. The summed E-state index contributed by atoms with van der Waals surface area (Å²) in [7, 11) is 1.56. The van der Waals surface area contributed by atoms with Gasteiger partial charge in [0.05, 0.1) is 18.8 Å². The Bertz CT molecular complexity index is 718. The zero-order chi connectivity index (χ0) is 17.7. The topological polar surface area (TPSA) is 50.4 Å². The minimum Gasteiger partial charge on any atom is -0.495 e. The quantitative estimate of drug-likeness (QED) is 0.846. The zero-order valence-corrected chi connectivity index (χ0v) is 14.4. The van der Waals surface area contributed by atoms with E-state index < -0.39 is 6.04 Å². The van der Waals surface area contributed by atoms with E-state index in [1.807, 2.05) is 32.0 Å². The van der Waals surface area contributed by atoms with Gasteiger partial charge in [0, 0.05) is 11.6 Å². The fourth-order valence-corrected chi connectivity index (χ4v) is 2.53. The average molecular weight is 330 g/mol. The minimum atomic E-state index is -0.496. The predicted molar refractivity (Wildman–Crippen MR) is 93.8 cm³/mol. The van der Waals surface area contributed by atoms with Gasteiger partial charge in [-0.2, -0.15) is 0 Å². The molecule has 0 aliphatic rings. The Labute approximate surface area is 142 Å². The lowest BCUT2D eigenvalue weighted by Crippen LogP contribution is -2.39. The SMILES string of the molecule is COc1ccc(C)cc1NC(=O)C(C)NC(C)c1ccccc1F. The van der Waals surface area contributed by atoms with Crippen molar-refractivity contribution in [3.63, 3.8) is 0 Å². The van der Waals surface area contributed by atoms with E-state index in [2.05, 4.69) is 10.6 Å². The fourth-order valence-electron chi connectivity index (χ4n) is 2.53. The molecule has 0 radical (unpaired) electrons. The molecular weight excluding hydrogens is 307 g/mol. The molecule has 24 heavy (non-hydrogen) atoms. The largest absolute Gasteiger partial charge is 0.495 e. The van der Waals surface area contributed by atoms with Crippen LogP contribution >= 0.6 is 0 Å². The second kappa shape index (κ2) is 7.93. The second-order valence-electron chi connectivity index (χ2n) is 5.82. The summed E-state index contributed by atoms with van der Waals surface area (Å²) in [5.41, 5.74) is 2.17. The van der Waals surface area contributed by atoms with E-state index in [9.17, 15) is 9.18 Å². The number of nitrogens with one attached hydrogen (secondary N) is 2. The third kappa shape index (κ3) is 4.32. The number of halogens is 1. The van der Waals surface area contributed by atoms with Crippen LogP contribution in [0.1, 0.15) is 31.0 Å². The van der Waals surface area contributed by atoms with E-state index >= 15 is 0 Å². The first-order chi connectivity index (χ1) is 11.4. The van der Waals surface area contributed by atoms with Gasteiger partial charge in [0.1, 0.15) is 11.6 Å². The molecule has 0 spiro atoms. The van der Waals surface area contributed by atoms with Gasteiger partial charge < -0.3 is 10.1 Å². The minimum absolute atomic E-state index is 0.206. The van der Waals surface area contributed by atoms with Crippen LogP contribution in [0.2, 0.25) is 0 Å². The number of aryl methyl sites for hydroxylation is 1. The van der Waals surface area contributed by atoms with Crippen LogP contribution in [0, 0.1) is 12.7 Å². The van der Waals surface area contributed by atoms with Gasteiger partial charge in [-0.1, -0.05) is 24.3 Å². The maximum atomic E-state index is 13.8. The van der Waals surface area contributed by atoms with E-state index in [1.54, 1.807) is 32.2 Å². The van der Waals surface area contributed by atoms with Crippen molar-refractivity contribution in [1.82, 2.24) is 5.32 Å². The number of hydrogen-bond donors (Lipinski definition) is 2. The third-order valence-electron chi connectivity index (χ3n) is 3.88. The van der Waals surface area contributed by atoms with Crippen molar-refractivity contribution in [3.8, 4) is 5.75 Å². The Morgan fingerprint density at radius 3 is 2.54 bits per heavy atom. The number of benzene rings is 2. The molecule has 1 amide bonds. The highest BCUT2D eigenvalue weighted by Crippen LogP contribution is 2.25. The highest BCUT2D eigenvalue weighted by molar-refractivity contribution is 5.96. The Morgan fingerprint density at radius 1 is 1.17 bits per heavy atom. The van der Waals surface area contributed by atoms with Crippen LogP contribution in [0.5, 0.6) is 5.75 Å². The average Bonchev–Trinajstić information content (AvgIpc) is 2.55. The Balaban J connectivity index is 2.05. The van der Waals surface area contributed by atoms with E-state index in [-0.39, 0.29) is 17.8 Å². The monoisotopic (exact) mass is 330 g/mol. The molecule has 5 heteroatoms. The molecule has 0 saturated heterocycles. The molecule has 0 fully saturated rings. The van der Waals surface area contributed by atoms with E-state index in [4.69, 9.17) is 4.74 Å². The van der Waals surface area contributed by atoms with Gasteiger partial charge in [0.2, 0.25) is 5.91 Å². The van der Waals surface area contributed by atoms with Crippen LogP contribution in [0.3, 0.4) is 0 Å². The lowest BCUT2D eigenvalue weighted by Gasteiger charge is -2.21. The van der Waals surface area contributed by atoms with Crippen LogP contribution < -0.4 is 15.4 Å². The number of anilines is 1.